The predicted molar refractivity (Wildman–Crippen MR) is 135 cm³/mol. The molecule has 4 aliphatic rings. The normalized spacial score (nSPS) is 34.3. The molecule has 10 nitrogen and oxygen atoms in total. The fourth-order valence-electron chi connectivity index (χ4n) is 5.97. The van der Waals surface area contributed by atoms with Crippen LogP contribution >= 0.6 is 0 Å². The average molecular weight is 524 g/mol. The lowest BCUT2D eigenvalue weighted by Gasteiger charge is -2.35. The second-order valence-electron chi connectivity index (χ2n) is 10.2. The zero-order valence-electron chi connectivity index (χ0n) is 21.3. The van der Waals surface area contributed by atoms with Gasteiger partial charge in [0.1, 0.15) is 23.7 Å². The van der Waals surface area contributed by atoms with E-state index in [2.05, 4.69) is 5.32 Å². The number of aliphatic hydroxyl groups is 1. The highest BCUT2D eigenvalue weighted by Gasteiger charge is 2.73. The number of cyclic esters (lactones) is 1. The third-order valence-corrected chi connectivity index (χ3v) is 7.68. The van der Waals surface area contributed by atoms with Gasteiger partial charge in [-0.15, -0.1) is 0 Å². The van der Waals surface area contributed by atoms with Crippen LogP contribution in [0.15, 0.2) is 54.6 Å². The van der Waals surface area contributed by atoms with E-state index in [4.69, 9.17) is 9.47 Å². The van der Waals surface area contributed by atoms with Gasteiger partial charge in [-0.2, -0.15) is 0 Å². The SMILES string of the molecule is C[C@H]1CNC(=O)CC/C=C\CN(Cc2ccccc2)C(=O)[C@H]2N(CCO)C(=O)[C@@H]3[C@@H](C(=O)O1)[C@H]1C=C[C@]32O1. The second kappa shape index (κ2) is 10.7. The van der Waals surface area contributed by atoms with Crippen molar-refractivity contribution in [2.75, 3.05) is 26.2 Å². The van der Waals surface area contributed by atoms with Crippen molar-refractivity contribution in [2.45, 2.75) is 50.2 Å². The maximum absolute atomic E-state index is 14.3. The Morgan fingerprint density at radius 2 is 1.89 bits per heavy atom. The first kappa shape index (κ1) is 26.1. The van der Waals surface area contributed by atoms with Crippen LogP contribution in [0.25, 0.3) is 0 Å². The molecule has 6 atom stereocenters. The molecule has 2 fully saturated rings. The molecule has 0 aliphatic carbocycles. The molecule has 2 saturated heterocycles. The molecule has 10 heteroatoms. The lowest BCUT2D eigenvalue weighted by Crippen LogP contribution is -2.56. The van der Waals surface area contributed by atoms with Gasteiger partial charge in [-0.1, -0.05) is 54.6 Å². The van der Waals surface area contributed by atoms with Gasteiger partial charge in [0.05, 0.1) is 25.2 Å². The summed E-state index contributed by atoms with van der Waals surface area (Å²) in [4.78, 5) is 56.6. The molecule has 1 spiro atoms. The molecule has 0 unspecified atom stereocenters. The number of esters is 1. The summed E-state index contributed by atoms with van der Waals surface area (Å²) in [5.41, 5.74) is -0.420. The number of amides is 3. The van der Waals surface area contributed by atoms with Crippen molar-refractivity contribution in [3.05, 3.63) is 60.2 Å². The van der Waals surface area contributed by atoms with Crippen molar-refractivity contribution in [1.29, 1.82) is 0 Å². The Balaban J connectivity index is 1.54. The van der Waals surface area contributed by atoms with Crippen LogP contribution in [0.4, 0.5) is 0 Å². The van der Waals surface area contributed by atoms with Crippen LogP contribution in [0.3, 0.4) is 0 Å². The van der Waals surface area contributed by atoms with Crippen molar-refractivity contribution >= 4 is 23.7 Å². The van der Waals surface area contributed by atoms with E-state index >= 15 is 0 Å². The summed E-state index contributed by atoms with van der Waals surface area (Å²) in [6, 6.07) is 8.47. The average Bonchev–Trinajstić information content (AvgIpc) is 3.54. The number of carbonyl (C=O) groups excluding carboxylic acids is 4. The van der Waals surface area contributed by atoms with Crippen LogP contribution in [0.1, 0.15) is 25.3 Å². The second-order valence-corrected chi connectivity index (χ2v) is 10.2. The third-order valence-electron chi connectivity index (χ3n) is 7.68. The molecule has 1 aromatic rings. The van der Waals surface area contributed by atoms with Gasteiger partial charge >= 0.3 is 5.97 Å². The summed E-state index contributed by atoms with van der Waals surface area (Å²) in [5, 5.41) is 12.6. The minimum Gasteiger partial charge on any atom is -0.460 e. The number of rotatable bonds is 4. The number of aliphatic hydroxyl groups excluding tert-OH is 1. The zero-order valence-corrected chi connectivity index (χ0v) is 21.3. The molecule has 4 heterocycles. The van der Waals surface area contributed by atoms with Gasteiger partial charge in [0.15, 0.2) is 0 Å². The molecular weight excluding hydrogens is 490 g/mol. The fourth-order valence-corrected chi connectivity index (χ4v) is 5.97. The van der Waals surface area contributed by atoms with Crippen molar-refractivity contribution in [3.63, 3.8) is 0 Å². The van der Waals surface area contributed by atoms with Gasteiger partial charge in [-0.25, -0.2) is 0 Å². The van der Waals surface area contributed by atoms with E-state index in [0.717, 1.165) is 5.56 Å². The number of β-amino-alcohol motifs (C(OH)–C–C–N with tert-alkyl or cyclic N) is 1. The topological polar surface area (TPSA) is 125 Å². The Bertz CT molecular complexity index is 1150. The number of fused-ring (bicyclic) bond motifs is 2. The van der Waals surface area contributed by atoms with Crippen LogP contribution in [0, 0.1) is 11.8 Å². The molecule has 5 rings (SSSR count). The lowest BCUT2D eigenvalue weighted by molar-refractivity contribution is -0.158. The van der Waals surface area contributed by atoms with Gasteiger partial charge < -0.3 is 29.7 Å². The first-order chi connectivity index (χ1) is 18.4. The minimum atomic E-state index is -1.33. The summed E-state index contributed by atoms with van der Waals surface area (Å²) < 4.78 is 11.9. The molecule has 1 aromatic carbocycles. The zero-order chi connectivity index (χ0) is 26.9. The van der Waals surface area contributed by atoms with E-state index < -0.39 is 47.6 Å². The number of nitrogens with one attached hydrogen (secondary N) is 1. The molecule has 4 aliphatic heterocycles. The van der Waals surface area contributed by atoms with Gasteiger partial charge in [0, 0.05) is 26.1 Å². The summed E-state index contributed by atoms with van der Waals surface area (Å²) in [5.74, 6) is -3.40. The Morgan fingerprint density at radius 3 is 2.66 bits per heavy atom. The van der Waals surface area contributed by atoms with Crippen LogP contribution in [-0.4, -0.2) is 88.7 Å². The first-order valence-electron chi connectivity index (χ1n) is 13.1. The van der Waals surface area contributed by atoms with E-state index in [1.54, 1.807) is 24.0 Å². The fraction of sp³-hybridized carbons (Fsp3) is 0.500. The van der Waals surface area contributed by atoms with E-state index in [9.17, 15) is 24.3 Å². The van der Waals surface area contributed by atoms with E-state index in [1.807, 2.05) is 42.5 Å². The maximum Gasteiger partial charge on any atom is 0.313 e. The number of carbonyl (C=O) groups is 4. The van der Waals surface area contributed by atoms with Crippen molar-refractivity contribution in [1.82, 2.24) is 15.1 Å². The number of ether oxygens (including phenoxy) is 2. The van der Waals surface area contributed by atoms with Crippen molar-refractivity contribution < 1.29 is 33.8 Å². The molecule has 5 bridgehead atoms. The summed E-state index contributed by atoms with van der Waals surface area (Å²) in [6.45, 7) is 1.97. The molecule has 0 aromatic heterocycles. The van der Waals surface area contributed by atoms with Crippen molar-refractivity contribution in [3.8, 4) is 0 Å². The smallest absolute Gasteiger partial charge is 0.313 e. The summed E-state index contributed by atoms with van der Waals surface area (Å²) >= 11 is 0. The number of benzene rings is 1. The monoisotopic (exact) mass is 523 g/mol. The largest absolute Gasteiger partial charge is 0.460 e. The Kier molecular flexibility index (Phi) is 7.36. The lowest BCUT2D eigenvalue weighted by atomic mass is 9.74. The predicted octanol–water partition coefficient (Wildman–Crippen LogP) is 0.556. The van der Waals surface area contributed by atoms with Crippen LogP contribution < -0.4 is 5.32 Å². The third kappa shape index (κ3) is 4.63. The molecule has 38 heavy (non-hydrogen) atoms. The van der Waals surface area contributed by atoms with Crippen molar-refractivity contribution in [2.24, 2.45) is 11.8 Å². The number of likely N-dealkylation sites (tertiary alicyclic amines) is 1. The number of allylic oxidation sites excluding steroid dienone is 1. The summed E-state index contributed by atoms with van der Waals surface area (Å²) in [6.07, 6.45) is 6.58. The molecule has 202 valence electrons. The highest BCUT2D eigenvalue weighted by Crippen LogP contribution is 2.55. The number of nitrogens with zero attached hydrogens (tertiary/aromatic N) is 2. The van der Waals surface area contributed by atoms with Crippen LogP contribution in [-0.2, 0) is 35.2 Å². The van der Waals surface area contributed by atoms with E-state index in [-0.39, 0.29) is 44.5 Å². The Morgan fingerprint density at radius 1 is 1.11 bits per heavy atom. The molecule has 3 amide bonds. The number of hydrogen-bond donors (Lipinski definition) is 2. The van der Waals surface area contributed by atoms with Crippen LogP contribution in [0.2, 0.25) is 0 Å². The quantitative estimate of drug-likeness (QED) is 0.436. The van der Waals surface area contributed by atoms with Gasteiger partial charge in [0.2, 0.25) is 17.7 Å². The van der Waals surface area contributed by atoms with Gasteiger partial charge in [-0.05, 0) is 18.9 Å². The highest BCUT2D eigenvalue weighted by atomic mass is 16.6. The van der Waals surface area contributed by atoms with E-state index in [0.29, 0.717) is 13.0 Å². The minimum absolute atomic E-state index is 0.0609. The number of hydrogen-bond acceptors (Lipinski definition) is 7. The van der Waals surface area contributed by atoms with Gasteiger partial charge in [0.25, 0.3) is 0 Å². The Hall–Kier alpha value is -3.50. The maximum atomic E-state index is 14.3. The molecule has 2 N–H and O–H groups in total. The first-order valence-corrected chi connectivity index (χ1v) is 13.1. The summed E-state index contributed by atoms with van der Waals surface area (Å²) in [7, 11) is 0. The molecule has 0 radical (unpaired) electrons. The van der Waals surface area contributed by atoms with Gasteiger partial charge in [-0.3, -0.25) is 19.2 Å². The molecule has 0 saturated carbocycles. The molecular formula is C28H33N3O7. The highest BCUT2D eigenvalue weighted by molar-refractivity contribution is 5.99. The van der Waals surface area contributed by atoms with E-state index in [1.165, 1.54) is 4.90 Å². The van der Waals surface area contributed by atoms with Crippen LogP contribution in [0.5, 0.6) is 0 Å². The standard InChI is InChI=1S/C28H33N3O7/c1-18-16-29-21(33)10-6-3-7-13-30(17-19-8-4-2-5-9-19)26(35)24-28-12-11-20(38-28)22(27(36)37-18)23(28)25(34)31(24)14-15-32/h2-5,7-9,11-12,18,20,22-24,32H,6,10,13-17H2,1H3,(H,29,33)/b7-3-/t18-,20+,22-,23-,24+,28-/m0/s1. The Labute approximate surface area is 221 Å².